The molecule has 1 aromatic heterocycles. The molecule has 0 aliphatic heterocycles. The number of carbonyl (C=O) groups is 1. The van der Waals surface area contributed by atoms with Gasteiger partial charge in [-0.3, -0.25) is 9.59 Å². The molecule has 3 aromatic rings. The number of methoxy groups -OCH3 is 1. The lowest BCUT2D eigenvalue weighted by atomic mass is 10.1. The zero-order valence-electron chi connectivity index (χ0n) is 16.0. The third-order valence-corrected chi connectivity index (χ3v) is 4.44. The molecule has 0 saturated heterocycles. The van der Waals surface area contributed by atoms with Gasteiger partial charge in [0.2, 0.25) is 0 Å². The summed E-state index contributed by atoms with van der Waals surface area (Å²) in [5.41, 5.74) is 1.21. The molecule has 1 heterocycles. The monoisotopic (exact) mass is 402 g/mol. The van der Waals surface area contributed by atoms with E-state index in [1.165, 1.54) is 6.07 Å². The Bertz CT molecular complexity index is 999. The van der Waals surface area contributed by atoms with Gasteiger partial charge in [0.05, 0.1) is 18.5 Å². The van der Waals surface area contributed by atoms with Gasteiger partial charge in [-0.15, -0.1) is 12.4 Å². The summed E-state index contributed by atoms with van der Waals surface area (Å²) in [6.45, 7) is 0.370. The van der Waals surface area contributed by atoms with E-state index in [0.29, 0.717) is 17.5 Å². The van der Waals surface area contributed by atoms with Gasteiger partial charge in [0, 0.05) is 12.6 Å². The fraction of sp³-hybridized carbons (Fsp3) is 0.238. The van der Waals surface area contributed by atoms with Crippen LogP contribution in [0.4, 0.5) is 0 Å². The molecule has 6 nitrogen and oxygen atoms in total. The van der Waals surface area contributed by atoms with Gasteiger partial charge in [-0.05, 0) is 43.9 Å². The van der Waals surface area contributed by atoms with Crippen LogP contribution in [0.5, 0.6) is 5.75 Å². The van der Waals surface area contributed by atoms with E-state index in [2.05, 4.69) is 5.32 Å². The predicted octanol–water partition coefficient (Wildman–Crippen LogP) is 3.26. The second-order valence-corrected chi connectivity index (χ2v) is 6.43. The fourth-order valence-electron chi connectivity index (χ4n) is 2.92. The maximum absolute atomic E-state index is 12.5. The second-order valence-electron chi connectivity index (χ2n) is 6.43. The van der Waals surface area contributed by atoms with Crippen molar-refractivity contribution >= 4 is 29.3 Å². The van der Waals surface area contributed by atoms with Gasteiger partial charge in [0.15, 0.2) is 11.2 Å². The third kappa shape index (κ3) is 4.71. The van der Waals surface area contributed by atoms with Crippen molar-refractivity contribution in [3.63, 3.8) is 0 Å². The molecule has 0 aliphatic carbocycles. The van der Waals surface area contributed by atoms with Gasteiger partial charge in [0.1, 0.15) is 11.3 Å². The molecule has 0 saturated carbocycles. The number of amides is 1. The molecule has 2 aromatic carbocycles. The van der Waals surface area contributed by atoms with Crippen LogP contribution in [0, 0.1) is 0 Å². The lowest BCUT2D eigenvalue weighted by molar-refractivity contribution is 0.0914. The molecule has 1 atom stereocenters. The van der Waals surface area contributed by atoms with Crippen molar-refractivity contribution in [1.29, 1.82) is 0 Å². The number of halogens is 1. The van der Waals surface area contributed by atoms with Crippen molar-refractivity contribution < 1.29 is 13.9 Å². The minimum Gasteiger partial charge on any atom is -0.497 e. The summed E-state index contributed by atoms with van der Waals surface area (Å²) in [5, 5.41) is 3.31. The van der Waals surface area contributed by atoms with E-state index < -0.39 is 5.91 Å². The van der Waals surface area contributed by atoms with Crippen LogP contribution in [-0.4, -0.2) is 38.6 Å². The van der Waals surface area contributed by atoms with Gasteiger partial charge < -0.3 is 19.4 Å². The van der Waals surface area contributed by atoms with Crippen LogP contribution >= 0.6 is 12.4 Å². The fourth-order valence-corrected chi connectivity index (χ4v) is 2.92. The molecular formula is C21H23ClN2O4. The van der Waals surface area contributed by atoms with Crippen LogP contribution in [0.25, 0.3) is 11.0 Å². The molecule has 0 bridgehead atoms. The Hall–Kier alpha value is -2.83. The number of nitrogens with one attached hydrogen (secondary N) is 1. The average Bonchev–Trinajstić information content (AvgIpc) is 2.68. The SMILES string of the molecule is COc1ccc(C(CNC(=O)c2cc(=O)c3ccccc3o2)N(C)C)cc1.Cl. The number of carbonyl (C=O) groups excluding carboxylic acids is 1. The largest absolute Gasteiger partial charge is 0.497 e. The second kappa shape index (κ2) is 9.39. The highest BCUT2D eigenvalue weighted by molar-refractivity contribution is 5.93. The molecule has 3 rings (SSSR count). The lowest BCUT2D eigenvalue weighted by Gasteiger charge is -2.25. The topological polar surface area (TPSA) is 71.8 Å². The summed E-state index contributed by atoms with van der Waals surface area (Å²) in [6, 6.07) is 15.8. The minimum atomic E-state index is -0.418. The highest BCUT2D eigenvalue weighted by atomic mass is 35.5. The summed E-state index contributed by atoms with van der Waals surface area (Å²) >= 11 is 0. The quantitative estimate of drug-likeness (QED) is 0.685. The van der Waals surface area contributed by atoms with Gasteiger partial charge >= 0.3 is 0 Å². The first-order valence-corrected chi connectivity index (χ1v) is 8.61. The molecule has 1 amide bonds. The number of fused-ring (bicyclic) bond motifs is 1. The summed E-state index contributed by atoms with van der Waals surface area (Å²) in [4.78, 5) is 26.7. The zero-order valence-corrected chi connectivity index (χ0v) is 16.8. The van der Waals surface area contributed by atoms with Crippen molar-refractivity contribution in [3.8, 4) is 5.75 Å². The Morgan fingerprint density at radius 2 is 1.82 bits per heavy atom. The summed E-state index contributed by atoms with van der Waals surface area (Å²) in [6.07, 6.45) is 0. The third-order valence-electron chi connectivity index (χ3n) is 4.44. The number of hydrogen-bond acceptors (Lipinski definition) is 5. The summed E-state index contributed by atoms with van der Waals surface area (Å²) < 4.78 is 10.8. The molecular weight excluding hydrogens is 380 g/mol. The number of rotatable bonds is 6. The number of benzene rings is 2. The van der Waals surface area contributed by atoms with Crippen molar-refractivity contribution in [3.05, 3.63) is 76.1 Å². The number of para-hydroxylation sites is 1. The van der Waals surface area contributed by atoms with Crippen LogP contribution in [-0.2, 0) is 0 Å². The number of likely N-dealkylation sites (N-methyl/N-ethyl adjacent to an activating group) is 1. The number of nitrogens with zero attached hydrogens (tertiary/aromatic N) is 1. The van der Waals surface area contributed by atoms with E-state index in [1.807, 2.05) is 43.3 Å². The van der Waals surface area contributed by atoms with E-state index in [0.717, 1.165) is 11.3 Å². The van der Waals surface area contributed by atoms with E-state index in [4.69, 9.17) is 9.15 Å². The van der Waals surface area contributed by atoms with Crippen molar-refractivity contribution in [2.75, 3.05) is 27.7 Å². The van der Waals surface area contributed by atoms with Crippen LogP contribution in [0.3, 0.4) is 0 Å². The number of hydrogen-bond donors (Lipinski definition) is 1. The van der Waals surface area contributed by atoms with Crippen molar-refractivity contribution in [2.24, 2.45) is 0 Å². The van der Waals surface area contributed by atoms with Crippen LogP contribution in [0.15, 0.2) is 63.8 Å². The van der Waals surface area contributed by atoms with Gasteiger partial charge in [0.25, 0.3) is 5.91 Å². The first kappa shape index (κ1) is 21.5. The highest BCUT2D eigenvalue weighted by Crippen LogP contribution is 2.21. The van der Waals surface area contributed by atoms with Crippen molar-refractivity contribution in [1.82, 2.24) is 10.2 Å². The van der Waals surface area contributed by atoms with E-state index in [9.17, 15) is 9.59 Å². The highest BCUT2D eigenvalue weighted by Gasteiger charge is 2.18. The summed E-state index contributed by atoms with van der Waals surface area (Å²) in [5.74, 6) is 0.363. The van der Waals surface area contributed by atoms with E-state index in [-0.39, 0.29) is 29.6 Å². The Kier molecular flexibility index (Phi) is 7.20. The molecule has 0 radical (unpaired) electrons. The standard InChI is InChI=1S/C21H22N2O4.ClH/c1-23(2)17(14-8-10-15(26-3)11-9-14)13-22-21(25)20-12-18(24)16-6-4-5-7-19(16)27-20;/h4-12,17H,13H2,1-3H3,(H,22,25);1H. The predicted molar refractivity (Wildman–Crippen MR) is 111 cm³/mol. The average molecular weight is 403 g/mol. The molecule has 28 heavy (non-hydrogen) atoms. The van der Waals surface area contributed by atoms with Gasteiger partial charge in [-0.1, -0.05) is 24.3 Å². The normalized spacial score (nSPS) is 11.7. The molecule has 0 aliphatic rings. The first-order chi connectivity index (χ1) is 13.0. The maximum Gasteiger partial charge on any atom is 0.287 e. The van der Waals surface area contributed by atoms with Crippen LogP contribution in [0.2, 0.25) is 0 Å². The summed E-state index contributed by atoms with van der Waals surface area (Å²) in [7, 11) is 5.50. The molecule has 1 N–H and O–H groups in total. The molecule has 0 spiro atoms. The zero-order chi connectivity index (χ0) is 19.4. The van der Waals surface area contributed by atoms with Gasteiger partial charge in [-0.25, -0.2) is 0 Å². The molecule has 7 heteroatoms. The molecule has 0 fully saturated rings. The Morgan fingerprint density at radius 3 is 2.46 bits per heavy atom. The van der Waals surface area contributed by atoms with E-state index in [1.54, 1.807) is 31.4 Å². The Labute approximate surface area is 169 Å². The Morgan fingerprint density at radius 1 is 1.14 bits per heavy atom. The molecule has 148 valence electrons. The van der Waals surface area contributed by atoms with Crippen molar-refractivity contribution in [2.45, 2.75) is 6.04 Å². The lowest BCUT2D eigenvalue weighted by Crippen LogP contribution is -2.34. The van der Waals surface area contributed by atoms with E-state index >= 15 is 0 Å². The first-order valence-electron chi connectivity index (χ1n) is 8.61. The Balaban J connectivity index is 0.00000280. The van der Waals surface area contributed by atoms with Crippen LogP contribution in [0.1, 0.15) is 22.2 Å². The smallest absolute Gasteiger partial charge is 0.287 e. The minimum absolute atomic E-state index is 0. The number of ether oxygens (including phenoxy) is 1. The van der Waals surface area contributed by atoms with Gasteiger partial charge in [-0.2, -0.15) is 0 Å². The molecule has 1 unspecified atom stereocenters. The maximum atomic E-state index is 12.5. The van der Waals surface area contributed by atoms with Crippen LogP contribution < -0.4 is 15.5 Å².